The maximum atomic E-state index is 12.8. The number of aryl methyl sites for hydroxylation is 1. The second-order valence-corrected chi connectivity index (χ2v) is 7.04. The van der Waals surface area contributed by atoms with E-state index in [2.05, 4.69) is 15.5 Å². The van der Waals surface area contributed by atoms with Gasteiger partial charge < -0.3 is 14.8 Å². The molecule has 0 bridgehead atoms. The van der Waals surface area contributed by atoms with Gasteiger partial charge in [-0.25, -0.2) is 0 Å². The molecule has 24 heavy (non-hydrogen) atoms. The molecule has 4 rings (SSSR count). The number of amides is 1. The third kappa shape index (κ3) is 2.75. The van der Waals surface area contributed by atoms with Crippen molar-refractivity contribution in [1.82, 2.24) is 19.7 Å². The van der Waals surface area contributed by atoms with Crippen LogP contribution in [0.25, 0.3) is 0 Å². The quantitative estimate of drug-likeness (QED) is 0.906. The van der Waals surface area contributed by atoms with E-state index >= 15 is 0 Å². The Kier molecular flexibility index (Phi) is 3.92. The van der Waals surface area contributed by atoms with Gasteiger partial charge in [-0.3, -0.25) is 4.79 Å². The summed E-state index contributed by atoms with van der Waals surface area (Å²) in [7, 11) is 1.97. The molecule has 6 nitrogen and oxygen atoms in total. The summed E-state index contributed by atoms with van der Waals surface area (Å²) in [5, 5.41) is 12.2. The van der Waals surface area contributed by atoms with Gasteiger partial charge in [0.25, 0.3) is 0 Å². The SMILES string of the molecule is Cn1cnnc1C1CCN(C(=O)C2Cc3cc(Cl)ccc3N2)CC1. The van der Waals surface area contributed by atoms with Gasteiger partial charge in [-0.15, -0.1) is 10.2 Å². The Morgan fingerprint density at radius 1 is 1.33 bits per heavy atom. The van der Waals surface area contributed by atoms with Crippen LogP contribution in [0.4, 0.5) is 5.69 Å². The summed E-state index contributed by atoms with van der Waals surface area (Å²) in [6.45, 7) is 1.54. The van der Waals surface area contributed by atoms with E-state index in [0.717, 1.165) is 43.0 Å². The molecule has 0 aliphatic carbocycles. The van der Waals surface area contributed by atoms with Gasteiger partial charge in [0.15, 0.2) is 0 Å². The molecule has 126 valence electrons. The number of carbonyl (C=O) groups excluding carboxylic acids is 1. The zero-order valence-corrected chi connectivity index (χ0v) is 14.3. The molecule has 2 aromatic rings. The van der Waals surface area contributed by atoms with Crippen molar-refractivity contribution in [2.45, 2.75) is 31.2 Å². The molecule has 2 aliphatic rings. The van der Waals surface area contributed by atoms with E-state index in [4.69, 9.17) is 11.6 Å². The average molecular weight is 346 g/mol. The van der Waals surface area contributed by atoms with Gasteiger partial charge >= 0.3 is 0 Å². The molecule has 7 heteroatoms. The van der Waals surface area contributed by atoms with Gasteiger partial charge in [-0.05, 0) is 36.6 Å². The smallest absolute Gasteiger partial charge is 0.245 e. The third-order valence-electron chi connectivity index (χ3n) is 5.04. The lowest BCUT2D eigenvalue weighted by atomic mass is 9.95. The highest BCUT2D eigenvalue weighted by Gasteiger charge is 2.33. The fourth-order valence-corrected chi connectivity index (χ4v) is 3.91. The molecule has 1 amide bonds. The molecule has 0 radical (unpaired) electrons. The fourth-order valence-electron chi connectivity index (χ4n) is 3.72. The Hall–Kier alpha value is -2.08. The molecule has 1 atom stereocenters. The maximum Gasteiger partial charge on any atom is 0.245 e. The van der Waals surface area contributed by atoms with Crippen LogP contribution >= 0.6 is 11.6 Å². The minimum absolute atomic E-state index is 0.176. The van der Waals surface area contributed by atoms with E-state index in [9.17, 15) is 4.79 Å². The summed E-state index contributed by atoms with van der Waals surface area (Å²) >= 11 is 6.04. The Labute approximate surface area is 145 Å². The standard InChI is InChI=1S/C17H20ClN5O/c1-22-10-19-21-16(22)11-4-6-23(7-5-11)17(24)15-9-12-8-13(18)2-3-14(12)20-15/h2-3,8,10-11,15,20H,4-7,9H2,1H3. The first kappa shape index (κ1) is 15.4. The lowest BCUT2D eigenvalue weighted by Crippen LogP contribution is -2.45. The highest BCUT2D eigenvalue weighted by Crippen LogP contribution is 2.31. The number of nitrogens with one attached hydrogen (secondary N) is 1. The van der Waals surface area contributed by atoms with Gasteiger partial charge in [-0.1, -0.05) is 11.6 Å². The third-order valence-corrected chi connectivity index (χ3v) is 5.27. The Morgan fingerprint density at radius 3 is 2.83 bits per heavy atom. The van der Waals surface area contributed by atoms with Crippen LogP contribution in [0, 0.1) is 0 Å². The first-order chi connectivity index (χ1) is 11.6. The van der Waals surface area contributed by atoms with Gasteiger partial charge in [0.1, 0.15) is 18.2 Å². The number of benzene rings is 1. The van der Waals surface area contributed by atoms with E-state index in [1.54, 1.807) is 6.33 Å². The zero-order valence-electron chi connectivity index (χ0n) is 13.6. The van der Waals surface area contributed by atoms with Gasteiger partial charge in [0.05, 0.1) is 0 Å². The van der Waals surface area contributed by atoms with E-state index in [0.29, 0.717) is 17.4 Å². The van der Waals surface area contributed by atoms with Crippen molar-refractivity contribution < 1.29 is 4.79 Å². The van der Waals surface area contributed by atoms with Crippen molar-refractivity contribution in [3.63, 3.8) is 0 Å². The average Bonchev–Trinajstić information content (AvgIpc) is 3.20. The number of hydrogen-bond donors (Lipinski definition) is 1. The first-order valence-corrected chi connectivity index (χ1v) is 8.67. The number of aromatic nitrogens is 3. The lowest BCUT2D eigenvalue weighted by molar-refractivity contribution is -0.133. The molecule has 2 aliphatic heterocycles. The minimum atomic E-state index is -0.176. The summed E-state index contributed by atoms with van der Waals surface area (Å²) in [5.41, 5.74) is 2.14. The summed E-state index contributed by atoms with van der Waals surface area (Å²) < 4.78 is 1.97. The molecular formula is C17H20ClN5O. The van der Waals surface area contributed by atoms with E-state index < -0.39 is 0 Å². The summed E-state index contributed by atoms with van der Waals surface area (Å²) in [5.74, 6) is 1.58. The first-order valence-electron chi connectivity index (χ1n) is 8.29. The highest BCUT2D eigenvalue weighted by molar-refractivity contribution is 6.30. The van der Waals surface area contributed by atoms with Gasteiger partial charge in [0.2, 0.25) is 5.91 Å². The normalized spacial score (nSPS) is 20.8. The number of anilines is 1. The topological polar surface area (TPSA) is 63.1 Å². The van der Waals surface area contributed by atoms with Crippen molar-refractivity contribution in [3.8, 4) is 0 Å². The molecule has 1 N–H and O–H groups in total. The molecule has 0 saturated carbocycles. The second-order valence-electron chi connectivity index (χ2n) is 6.60. The molecular weight excluding hydrogens is 326 g/mol. The Balaban J connectivity index is 1.38. The molecule has 1 aromatic carbocycles. The number of likely N-dealkylation sites (tertiary alicyclic amines) is 1. The van der Waals surface area contributed by atoms with Crippen LogP contribution in [0.15, 0.2) is 24.5 Å². The largest absolute Gasteiger partial charge is 0.373 e. The van der Waals surface area contributed by atoms with Crippen LogP contribution < -0.4 is 5.32 Å². The van der Waals surface area contributed by atoms with Crippen LogP contribution in [0.2, 0.25) is 5.02 Å². The Bertz CT molecular complexity index is 766. The van der Waals surface area contributed by atoms with Crippen LogP contribution in [0.5, 0.6) is 0 Å². The number of rotatable bonds is 2. The number of carbonyl (C=O) groups is 1. The molecule has 1 fully saturated rings. The summed E-state index contributed by atoms with van der Waals surface area (Å²) in [4.78, 5) is 14.8. The molecule has 3 heterocycles. The van der Waals surface area contributed by atoms with Crippen LogP contribution in [0.1, 0.15) is 30.1 Å². The van der Waals surface area contributed by atoms with Crippen molar-refractivity contribution in [1.29, 1.82) is 0 Å². The molecule has 1 saturated heterocycles. The van der Waals surface area contributed by atoms with Crippen molar-refractivity contribution in [2.24, 2.45) is 7.05 Å². The van der Waals surface area contributed by atoms with E-state index in [1.165, 1.54) is 0 Å². The fraction of sp³-hybridized carbons (Fsp3) is 0.471. The molecule has 1 unspecified atom stereocenters. The van der Waals surface area contributed by atoms with Gasteiger partial charge in [-0.2, -0.15) is 0 Å². The predicted octanol–water partition coefficient (Wildman–Crippen LogP) is 2.21. The Morgan fingerprint density at radius 2 is 2.12 bits per heavy atom. The van der Waals surface area contributed by atoms with Crippen LogP contribution in [0.3, 0.4) is 0 Å². The van der Waals surface area contributed by atoms with E-state index in [1.807, 2.05) is 34.7 Å². The lowest BCUT2D eigenvalue weighted by Gasteiger charge is -2.33. The number of piperidine rings is 1. The number of hydrogen-bond acceptors (Lipinski definition) is 4. The van der Waals surface area contributed by atoms with Crippen LogP contribution in [-0.2, 0) is 18.3 Å². The predicted molar refractivity (Wildman–Crippen MR) is 92.1 cm³/mol. The molecule has 1 aromatic heterocycles. The monoisotopic (exact) mass is 345 g/mol. The van der Waals surface area contributed by atoms with Gasteiger partial charge in [0, 0.05) is 43.2 Å². The number of halogens is 1. The van der Waals surface area contributed by atoms with Crippen molar-refractivity contribution in [3.05, 3.63) is 40.9 Å². The van der Waals surface area contributed by atoms with E-state index in [-0.39, 0.29) is 11.9 Å². The number of fused-ring (bicyclic) bond motifs is 1. The maximum absolute atomic E-state index is 12.8. The van der Waals surface area contributed by atoms with Crippen molar-refractivity contribution in [2.75, 3.05) is 18.4 Å². The second kappa shape index (κ2) is 6.09. The highest BCUT2D eigenvalue weighted by atomic mass is 35.5. The van der Waals surface area contributed by atoms with Crippen LogP contribution in [-0.4, -0.2) is 44.7 Å². The summed E-state index contributed by atoms with van der Waals surface area (Å²) in [6.07, 6.45) is 4.31. The van der Waals surface area contributed by atoms with Crippen molar-refractivity contribution >= 4 is 23.2 Å². The minimum Gasteiger partial charge on any atom is -0.373 e. The number of nitrogens with zero attached hydrogens (tertiary/aromatic N) is 4. The molecule has 0 spiro atoms. The zero-order chi connectivity index (χ0) is 16.7. The summed E-state index contributed by atoms with van der Waals surface area (Å²) in [6, 6.07) is 5.57.